The number of hydrogen-bond donors (Lipinski definition) is 3. The summed E-state index contributed by atoms with van der Waals surface area (Å²) in [5.74, 6) is 1.66. The van der Waals surface area contributed by atoms with Gasteiger partial charge in [-0.05, 0) is 25.7 Å². The lowest BCUT2D eigenvalue weighted by Gasteiger charge is -2.14. The van der Waals surface area contributed by atoms with E-state index in [1.807, 2.05) is 0 Å². The highest BCUT2D eigenvalue weighted by Gasteiger charge is 2.23. The molecule has 21 heavy (non-hydrogen) atoms. The van der Waals surface area contributed by atoms with Crippen molar-refractivity contribution in [1.29, 1.82) is 0 Å². The van der Waals surface area contributed by atoms with Gasteiger partial charge in [0.2, 0.25) is 5.91 Å². The number of anilines is 2. The first-order chi connectivity index (χ1) is 10.2. The average molecular weight is 291 g/mol. The fourth-order valence-electron chi connectivity index (χ4n) is 2.12. The number of aromatic nitrogens is 2. The predicted molar refractivity (Wildman–Crippen MR) is 84.5 cm³/mol. The van der Waals surface area contributed by atoms with Crippen LogP contribution in [0.1, 0.15) is 45.1 Å². The molecule has 0 aliphatic heterocycles. The van der Waals surface area contributed by atoms with Crippen molar-refractivity contribution >= 4 is 17.5 Å². The molecule has 1 aromatic heterocycles. The zero-order valence-corrected chi connectivity index (χ0v) is 12.9. The summed E-state index contributed by atoms with van der Waals surface area (Å²) in [6, 6.07) is 0.390. The van der Waals surface area contributed by atoms with Gasteiger partial charge in [-0.3, -0.25) is 4.79 Å². The van der Waals surface area contributed by atoms with E-state index in [2.05, 4.69) is 39.8 Å². The summed E-state index contributed by atoms with van der Waals surface area (Å²) in [5, 5.41) is 9.43. The molecular weight excluding hydrogens is 266 g/mol. The second kappa shape index (κ2) is 7.81. The summed E-state index contributed by atoms with van der Waals surface area (Å²) in [4.78, 5) is 20.4. The van der Waals surface area contributed by atoms with Crippen LogP contribution in [0.15, 0.2) is 6.33 Å². The molecule has 1 fully saturated rings. The van der Waals surface area contributed by atoms with Crippen molar-refractivity contribution < 1.29 is 4.79 Å². The van der Waals surface area contributed by atoms with E-state index in [0.717, 1.165) is 55.8 Å². The van der Waals surface area contributed by atoms with Gasteiger partial charge in [0.15, 0.2) is 0 Å². The van der Waals surface area contributed by atoms with Crippen LogP contribution in [0.2, 0.25) is 0 Å². The standard InChI is InChI=1S/C15H25N5O/c1-3-5-12-14(16-8-4-2)18-10-19-15(12)17-9-13(21)20-11-6-7-11/h10-11H,3-9H2,1-2H3,(H,20,21)(H2,16,17,18,19). The van der Waals surface area contributed by atoms with Gasteiger partial charge in [-0.1, -0.05) is 20.3 Å². The molecule has 1 amide bonds. The molecule has 0 aromatic carbocycles. The summed E-state index contributed by atoms with van der Waals surface area (Å²) in [6.45, 7) is 5.39. The molecule has 1 aromatic rings. The molecule has 1 aliphatic rings. The summed E-state index contributed by atoms with van der Waals surface area (Å²) in [5.41, 5.74) is 1.06. The third kappa shape index (κ3) is 4.88. The zero-order valence-electron chi connectivity index (χ0n) is 12.9. The first-order valence-electron chi connectivity index (χ1n) is 7.85. The number of hydrogen-bond acceptors (Lipinski definition) is 5. The number of carbonyl (C=O) groups excluding carboxylic acids is 1. The monoisotopic (exact) mass is 291 g/mol. The van der Waals surface area contributed by atoms with Gasteiger partial charge < -0.3 is 16.0 Å². The van der Waals surface area contributed by atoms with Gasteiger partial charge in [0.1, 0.15) is 18.0 Å². The van der Waals surface area contributed by atoms with Crippen molar-refractivity contribution in [1.82, 2.24) is 15.3 Å². The molecule has 116 valence electrons. The molecule has 2 rings (SSSR count). The van der Waals surface area contributed by atoms with Gasteiger partial charge in [-0.25, -0.2) is 9.97 Å². The molecule has 1 heterocycles. The summed E-state index contributed by atoms with van der Waals surface area (Å²) in [7, 11) is 0. The molecule has 3 N–H and O–H groups in total. The lowest BCUT2D eigenvalue weighted by molar-refractivity contribution is -0.119. The van der Waals surface area contributed by atoms with E-state index in [1.54, 1.807) is 0 Å². The fraction of sp³-hybridized carbons (Fsp3) is 0.667. The quantitative estimate of drug-likeness (QED) is 0.648. The Kier molecular flexibility index (Phi) is 5.78. The number of amides is 1. The van der Waals surface area contributed by atoms with Gasteiger partial charge in [-0.15, -0.1) is 0 Å². The first kappa shape index (κ1) is 15.5. The Morgan fingerprint density at radius 3 is 2.52 bits per heavy atom. The Morgan fingerprint density at radius 1 is 1.19 bits per heavy atom. The van der Waals surface area contributed by atoms with Crippen molar-refractivity contribution in [2.45, 2.75) is 52.0 Å². The maximum atomic E-state index is 11.8. The van der Waals surface area contributed by atoms with E-state index in [9.17, 15) is 4.79 Å². The second-order valence-electron chi connectivity index (χ2n) is 5.42. The average Bonchev–Trinajstić information content (AvgIpc) is 3.28. The van der Waals surface area contributed by atoms with Crippen molar-refractivity contribution in [3.8, 4) is 0 Å². The second-order valence-corrected chi connectivity index (χ2v) is 5.42. The third-order valence-corrected chi connectivity index (χ3v) is 3.35. The van der Waals surface area contributed by atoms with E-state index < -0.39 is 0 Å². The van der Waals surface area contributed by atoms with Crippen LogP contribution in [-0.2, 0) is 11.2 Å². The van der Waals surface area contributed by atoms with Crippen LogP contribution >= 0.6 is 0 Å². The van der Waals surface area contributed by atoms with Gasteiger partial charge >= 0.3 is 0 Å². The number of rotatable bonds is 9. The van der Waals surface area contributed by atoms with Crippen LogP contribution < -0.4 is 16.0 Å². The normalized spacial score (nSPS) is 13.8. The van der Waals surface area contributed by atoms with Crippen molar-refractivity contribution in [2.24, 2.45) is 0 Å². The van der Waals surface area contributed by atoms with Crippen LogP contribution in [0.3, 0.4) is 0 Å². The SMILES string of the molecule is CCCNc1ncnc(NCC(=O)NC2CC2)c1CCC. The fourth-order valence-corrected chi connectivity index (χ4v) is 2.12. The Morgan fingerprint density at radius 2 is 1.90 bits per heavy atom. The Balaban J connectivity index is 1.99. The molecule has 0 saturated heterocycles. The van der Waals surface area contributed by atoms with Crippen LogP contribution in [0.4, 0.5) is 11.6 Å². The van der Waals surface area contributed by atoms with Gasteiger partial charge in [-0.2, -0.15) is 0 Å². The largest absolute Gasteiger partial charge is 0.370 e. The van der Waals surface area contributed by atoms with Gasteiger partial charge in [0.05, 0.1) is 6.54 Å². The minimum absolute atomic E-state index is 0.0293. The van der Waals surface area contributed by atoms with Crippen molar-refractivity contribution in [3.05, 3.63) is 11.9 Å². The number of nitrogens with zero attached hydrogens (tertiary/aromatic N) is 2. The van der Waals surface area contributed by atoms with Crippen molar-refractivity contribution in [2.75, 3.05) is 23.7 Å². The molecule has 6 heteroatoms. The summed E-state index contributed by atoms with van der Waals surface area (Å²) >= 11 is 0. The molecule has 0 radical (unpaired) electrons. The molecule has 1 saturated carbocycles. The summed E-state index contributed by atoms with van der Waals surface area (Å²) in [6.07, 6.45) is 6.69. The zero-order chi connectivity index (χ0) is 15.1. The molecule has 0 bridgehead atoms. The Labute approximate surface area is 126 Å². The third-order valence-electron chi connectivity index (χ3n) is 3.35. The highest BCUT2D eigenvalue weighted by molar-refractivity contribution is 5.81. The molecule has 6 nitrogen and oxygen atoms in total. The maximum Gasteiger partial charge on any atom is 0.239 e. The van der Waals surface area contributed by atoms with Gasteiger partial charge in [0, 0.05) is 18.2 Å². The topological polar surface area (TPSA) is 78.9 Å². The van der Waals surface area contributed by atoms with E-state index >= 15 is 0 Å². The highest BCUT2D eigenvalue weighted by Crippen LogP contribution is 2.22. The van der Waals surface area contributed by atoms with Crippen molar-refractivity contribution in [3.63, 3.8) is 0 Å². The van der Waals surface area contributed by atoms with Gasteiger partial charge in [0.25, 0.3) is 0 Å². The Hall–Kier alpha value is -1.85. The highest BCUT2D eigenvalue weighted by atomic mass is 16.2. The maximum absolute atomic E-state index is 11.8. The minimum Gasteiger partial charge on any atom is -0.370 e. The molecule has 0 atom stereocenters. The lowest BCUT2D eigenvalue weighted by atomic mass is 10.1. The molecular formula is C15H25N5O. The first-order valence-corrected chi connectivity index (χ1v) is 7.85. The van der Waals surface area contributed by atoms with Crippen LogP contribution in [0.25, 0.3) is 0 Å². The molecule has 1 aliphatic carbocycles. The van der Waals surface area contributed by atoms with E-state index in [-0.39, 0.29) is 12.5 Å². The lowest BCUT2D eigenvalue weighted by Crippen LogP contribution is -2.31. The summed E-state index contributed by atoms with van der Waals surface area (Å²) < 4.78 is 0. The predicted octanol–water partition coefficient (Wildman–Crippen LogP) is 1.94. The molecule has 0 unspecified atom stereocenters. The minimum atomic E-state index is 0.0293. The van der Waals surface area contributed by atoms with Crippen LogP contribution in [0, 0.1) is 0 Å². The number of carbonyl (C=O) groups is 1. The Bertz CT molecular complexity index is 473. The van der Waals surface area contributed by atoms with E-state index in [1.165, 1.54) is 6.33 Å². The molecule has 0 spiro atoms. The smallest absolute Gasteiger partial charge is 0.239 e. The van der Waals surface area contributed by atoms with Crippen LogP contribution in [0.5, 0.6) is 0 Å². The number of nitrogens with one attached hydrogen (secondary N) is 3. The van der Waals surface area contributed by atoms with E-state index in [4.69, 9.17) is 0 Å². The van der Waals surface area contributed by atoms with Crippen LogP contribution in [-0.4, -0.2) is 35.0 Å². The van der Waals surface area contributed by atoms with E-state index in [0.29, 0.717) is 6.04 Å².